The molecule has 0 heterocycles. The van der Waals surface area contributed by atoms with Gasteiger partial charge in [-0.15, -0.1) is 0 Å². The molecule has 0 radical (unpaired) electrons. The Balaban J connectivity index is 2.16. The number of aliphatic carboxylic acids is 1. The topological polar surface area (TPSA) is 74.7 Å². The van der Waals surface area contributed by atoms with Gasteiger partial charge in [0.15, 0.2) is 0 Å². The summed E-state index contributed by atoms with van der Waals surface area (Å²) in [6.07, 6.45) is 0.196. The molecule has 2 rings (SSSR count). The quantitative estimate of drug-likeness (QED) is 0.591. The van der Waals surface area contributed by atoms with E-state index in [2.05, 4.69) is 13.8 Å². The summed E-state index contributed by atoms with van der Waals surface area (Å²) in [5.41, 5.74) is 0.957. The maximum atomic E-state index is 12.4. The molecule has 0 unspecified atom stereocenters. The highest BCUT2D eigenvalue weighted by Crippen LogP contribution is 2.18. The van der Waals surface area contributed by atoms with Gasteiger partial charge in [0.25, 0.3) is 0 Å². The number of carboxylic acid groups (broad SMARTS) is 1. The van der Waals surface area contributed by atoms with Crippen LogP contribution in [0.25, 0.3) is 10.8 Å². The summed E-state index contributed by atoms with van der Waals surface area (Å²) in [5.74, 6) is -2.68. The molecule has 0 saturated heterocycles. The summed E-state index contributed by atoms with van der Waals surface area (Å²) in [6, 6.07) is 13.9. The molecule has 1 amide bonds. The lowest BCUT2D eigenvalue weighted by Gasteiger charge is -2.23. The van der Waals surface area contributed by atoms with E-state index in [0.29, 0.717) is 19.0 Å². The van der Waals surface area contributed by atoms with Crippen molar-refractivity contribution in [1.29, 1.82) is 0 Å². The summed E-state index contributed by atoms with van der Waals surface area (Å²) in [6.45, 7) is 4.97. The van der Waals surface area contributed by atoms with E-state index in [1.165, 1.54) is 0 Å². The molecule has 0 bridgehead atoms. The first-order valence-electron chi connectivity index (χ1n) is 8.38. The first-order valence-corrected chi connectivity index (χ1v) is 8.38. The van der Waals surface area contributed by atoms with Gasteiger partial charge in [-0.1, -0.05) is 50.2 Å². The van der Waals surface area contributed by atoms with Crippen molar-refractivity contribution >= 4 is 28.4 Å². The first kappa shape index (κ1) is 18.6. The Morgan fingerprint density at radius 1 is 1.04 bits per heavy atom. The van der Waals surface area contributed by atoms with Gasteiger partial charge in [0, 0.05) is 13.1 Å². The minimum Gasteiger partial charge on any atom is -0.475 e. The zero-order chi connectivity index (χ0) is 18.4. The fraction of sp³-hybridized carbons (Fsp3) is 0.350. The molecule has 0 saturated carbocycles. The normalized spacial score (nSPS) is 10.8. The van der Waals surface area contributed by atoms with Crippen LogP contribution in [0.15, 0.2) is 42.5 Å². The SMILES string of the molecule is CC(C)CCN(Cc1ccc2ccccc2c1)C(=O)CC(=O)C(=O)O. The van der Waals surface area contributed by atoms with E-state index in [-0.39, 0.29) is 0 Å². The molecule has 0 fully saturated rings. The van der Waals surface area contributed by atoms with Gasteiger partial charge in [-0.3, -0.25) is 9.59 Å². The van der Waals surface area contributed by atoms with E-state index in [0.717, 1.165) is 22.8 Å². The third kappa shape index (κ3) is 5.41. The second-order valence-corrected chi connectivity index (χ2v) is 6.58. The minimum absolute atomic E-state index is 0.364. The van der Waals surface area contributed by atoms with Crippen LogP contribution >= 0.6 is 0 Å². The van der Waals surface area contributed by atoms with Crippen LogP contribution in [0, 0.1) is 5.92 Å². The molecule has 0 aliphatic rings. The number of carbonyl (C=O) groups excluding carboxylic acids is 2. The predicted octanol–water partition coefficient (Wildman–Crippen LogP) is 3.26. The van der Waals surface area contributed by atoms with Crippen molar-refractivity contribution in [2.45, 2.75) is 33.2 Å². The van der Waals surface area contributed by atoms with Crippen LogP contribution in [0.5, 0.6) is 0 Å². The van der Waals surface area contributed by atoms with Gasteiger partial charge in [0.2, 0.25) is 11.7 Å². The average Bonchev–Trinajstić information content (AvgIpc) is 2.57. The predicted molar refractivity (Wildman–Crippen MR) is 96.1 cm³/mol. The van der Waals surface area contributed by atoms with Crippen molar-refractivity contribution in [3.05, 3.63) is 48.0 Å². The first-order chi connectivity index (χ1) is 11.9. The summed E-state index contributed by atoms with van der Waals surface area (Å²) < 4.78 is 0. The summed E-state index contributed by atoms with van der Waals surface area (Å²) in [5, 5.41) is 10.9. The number of carbonyl (C=O) groups is 3. The Bertz CT molecular complexity index is 782. The Hall–Kier alpha value is -2.69. The zero-order valence-electron chi connectivity index (χ0n) is 14.6. The second-order valence-electron chi connectivity index (χ2n) is 6.58. The van der Waals surface area contributed by atoms with Crippen LogP contribution in [0.4, 0.5) is 0 Å². The van der Waals surface area contributed by atoms with Gasteiger partial charge in [-0.05, 0) is 34.7 Å². The number of rotatable bonds is 8. The number of hydrogen-bond acceptors (Lipinski definition) is 3. The number of nitrogens with zero attached hydrogens (tertiary/aromatic N) is 1. The molecule has 0 aliphatic carbocycles. The van der Waals surface area contributed by atoms with Crippen molar-refractivity contribution < 1.29 is 19.5 Å². The smallest absolute Gasteiger partial charge is 0.372 e. The van der Waals surface area contributed by atoms with E-state index in [1.807, 2.05) is 42.5 Å². The molecular weight excluding hydrogens is 318 g/mol. The van der Waals surface area contributed by atoms with Gasteiger partial charge in [-0.25, -0.2) is 4.79 Å². The highest BCUT2D eigenvalue weighted by Gasteiger charge is 2.21. The number of carboxylic acids is 1. The number of fused-ring (bicyclic) bond motifs is 1. The number of Topliss-reactive ketones (excluding diaryl/α,β-unsaturated/α-hetero) is 1. The minimum atomic E-state index is -1.57. The summed E-state index contributed by atoms with van der Waals surface area (Å²) in [7, 11) is 0. The lowest BCUT2D eigenvalue weighted by atomic mass is 10.1. The molecule has 0 aliphatic heterocycles. The maximum Gasteiger partial charge on any atom is 0.372 e. The van der Waals surface area contributed by atoms with Crippen molar-refractivity contribution in [2.24, 2.45) is 5.92 Å². The summed E-state index contributed by atoms with van der Waals surface area (Å²) >= 11 is 0. The molecule has 5 heteroatoms. The fourth-order valence-corrected chi connectivity index (χ4v) is 2.59. The molecule has 0 atom stereocenters. The van der Waals surface area contributed by atoms with Crippen LogP contribution in [0.3, 0.4) is 0 Å². The molecule has 0 aromatic heterocycles. The summed E-state index contributed by atoms with van der Waals surface area (Å²) in [4.78, 5) is 36.0. The molecule has 1 N–H and O–H groups in total. The van der Waals surface area contributed by atoms with Gasteiger partial charge >= 0.3 is 5.97 Å². The molecule has 5 nitrogen and oxygen atoms in total. The second kappa shape index (κ2) is 8.42. The Morgan fingerprint density at radius 2 is 1.72 bits per heavy atom. The van der Waals surface area contributed by atoms with Crippen molar-refractivity contribution in [1.82, 2.24) is 4.90 Å². The fourth-order valence-electron chi connectivity index (χ4n) is 2.59. The molecule has 2 aromatic rings. The van der Waals surface area contributed by atoms with Crippen LogP contribution in [-0.2, 0) is 20.9 Å². The van der Waals surface area contributed by atoms with Gasteiger partial charge in [-0.2, -0.15) is 0 Å². The molecule has 2 aromatic carbocycles. The highest BCUT2D eigenvalue weighted by atomic mass is 16.4. The Kier molecular flexibility index (Phi) is 6.28. The standard InChI is InChI=1S/C20H23NO4/c1-14(2)9-10-21(19(23)12-18(22)20(24)25)13-15-7-8-16-5-3-4-6-17(16)11-15/h3-8,11,14H,9-10,12-13H2,1-2H3,(H,24,25). The largest absolute Gasteiger partial charge is 0.475 e. The Morgan fingerprint density at radius 3 is 2.36 bits per heavy atom. The van der Waals surface area contributed by atoms with E-state index in [9.17, 15) is 14.4 Å². The van der Waals surface area contributed by atoms with Crippen molar-refractivity contribution in [2.75, 3.05) is 6.54 Å². The van der Waals surface area contributed by atoms with Crippen LogP contribution in [-0.4, -0.2) is 34.2 Å². The van der Waals surface area contributed by atoms with Gasteiger partial charge in [0.05, 0.1) is 6.42 Å². The van der Waals surface area contributed by atoms with Gasteiger partial charge < -0.3 is 10.0 Å². The maximum absolute atomic E-state index is 12.4. The monoisotopic (exact) mass is 341 g/mol. The van der Waals surface area contributed by atoms with Crippen LogP contribution in [0.1, 0.15) is 32.3 Å². The number of benzene rings is 2. The average molecular weight is 341 g/mol. The van der Waals surface area contributed by atoms with Gasteiger partial charge in [0.1, 0.15) is 0 Å². The Labute approximate surface area is 147 Å². The third-order valence-electron chi connectivity index (χ3n) is 4.07. The van der Waals surface area contributed by atoms with E-state index in [1.54, 1.807) is 4.90 Å². The third-order valence-corrected chi connectivity index (χ3v) is 4.07. The van der Waals surface area contributed by atoms with Crippen molar-refractivity contribution in [3.63, 3.8) is 0 Å². The lowest BCUT2D eigenvalue weighted by molar-refractivity contribution is -0.151. The molecular formula is C20H23NO4. The number of ketones is 1. The van der Waals surface area contributed by atoms with Crippen molar-refractivity contribution in [3.8, 4) is 0 Å². The lowest BCUT2D eigenvalue weighted by Crippen LogP contribution is -2.34. The molecule has 25 heavy (non-hydrogen) atoms. The van der Waals surface area contributed by atoms with Crippen LogP contribution < -0.4 is 0 Å². The molecule has 132 valence electrons. The van der Waals surface area contributed by atoms with E-state index in [4.69, 9.17) is 5.11 Å². The molecule has 0 spiro atoms. The number of hydrogen-bond donors (Lipinski definition) is 1. The van der Waals surface area contributed by atoms with E-state index < -0.39 is 24.1 Å². The zero-order valence-corrected chi connectivity index (χ0v) is 14.6. The number of amides is 1. The highest BCUT2D eigenvalue weighted by molar-refractivity contribution is 6.36. The van der Waals surface area contributed by atoms with Crippen LogP contribution in [0.2, 0.25) is 0 Å². The van der Waals surface area contributed by atoms with E-state index >= 15 is 0 Å².